The van der Waals surface area contributed by atoms with Crippen molar-refractivity contribution < 1.29 is 14.3 Å². The van der Waals surface area contributed by atoms with Crippen LogP contribution in [0.25, 0.3) is 10.9 Å². The van der Waals surface area contributed by atoms with Crippen molar-refractivity contribution in [1.82, 2.24) is 4.98 Å². The summed E-state index contributed by atoms with van der Waals surface area (Å²) < 4.78 is 12.7. The monoisotopic (exact) mass is 479 g/mol. The van der Waals surface area contributed by atoms with Gasteiger partial charge in [-0.2, -0.15) is 0 Å². The van der Waals surface area contributed by atoms with Crippen LogP contribution < -0.4 is 9.47 Å². The van der Waals surface area contributed by atoms with Gasteiger partial charge in [-0.15, -0.1) is 0 Å². The summed E-state index contributed by atoms with van der Waals surface area (Å²) in [5.74, 6) is 1.06. The van der Waals surface area contributed by atoms with E-state index in [1.807, 2.05) is 48.5 Å². The Morgan fingerprint density at radius 2 is 1.87 bits per heavy atom. The fraction of sp³-hybridized carbons (Fsp3) is 0.0833. The lowest BCUT2D eigenvalue weighted by Gasteiger charge is -2.10. The molecular formula is C24H15BrClNO3. The normalized spacial score (nSPS) is 12.7. The average molecular weight is 481 g/mol. The average Bonchev–Trinajstić information content (AvgIpc) is 2.88. The van der Waals surface area contributed by atoms with Crippen molar-refractivity contribution in [3.63, 3.8) is 0 Å². The standard InChI is InChI=1S/C24H15BrClNO3/c25-16-3-7-20-15(9-16)12-30-23-8-6-19(11-21(23)24(20)28)29-13-18-5-2-14-1-4-17(26)10-22(14)27-18/h1-11H,12-13H2. The van der Waals surface area contributed by atoms with Gasteiger partial charge in [0.15, 0.2) is 5.78 Å². The SMILES string of the molecule is O=C1c2ccc(Br)cc2COc2ccc(OCc3ccc4ccc(Cl)cc4n3)cc21. The highest BCUT2D eigenvalue weighted by Crippen LogP contribution is 2.32. The molecule has 1 aliphatic heterocycles. The van der Waals surface area contributed by atoms with E-state index in [1.165, 1.54) is 0 Å². The minimum Gasteiger partial charge on any atom is -0.488 e. The Balaban J connectivity index is 1.40. The van der Waals surface area contributed by atoms with Gasteiger partial charge in [0.2, 0.25) is 0 Å². The first-order valence-electron chi connectivity index (χ1n) is 9.35. The zero-order chi connectivity index (χ0) is 20.7. The lowest BCUT2D eigenvalue weighted by Crippen LogP contribution is -2.04. The van der Waals surface area contributed by atoms with Crippen molar-refractivity contribution in [2.75, 3.05) is 0 Å². The van der Waals surface area contributed by atoms with E-state index in [1.54, 1.807) is 18.2 Å². The van der Waals surface area contributed by atoms with E-state index in [2.05, 4.69) is 20.9 Å². The summed E-state index contributed by atoms with van der Waals surface area (Å²) in [6.07, 6.45) is 0. The van der Waals surface area contributed by atoms with Crippen molar-refractivity contribution in [3.8, 4) is 11.5 Å². The highest BCUT2D eigenvalue weighted by molar-refractivity contribution is 9.10. The molecule has 1 aliphatic rings. The predicted molar refractivity (Wildman–Crippen MR) is 119 cm³/mol. The van der Waals surface area contributed by atoms with Crippen molar-refractivity contribution in [2.45, 2.75) is 13.2 Å². The first-order chi connectivity index (χ1) is 14.6. The van der Waals surface area contributed by atoms with Gasteiger partial charge in [0.1, 0.15) is 24.7 Å². The number of halogens is 2. The molecule has 0 radical (unpaired) electrons. The van der Waals surface area contributed by atoms with E-state index in [0.717, 1.165) is 26.6 Å². The summed E-state index contributed by atoms with van der Waals surface area (Å²) in [6.45, 7) is 0.622. The van der Waals surface area contributed by atoms with Crippen molar-refractivity contribution in [1.29, 1.82) is 0 Å². The van der Waals surface area contributed by atoms with E-state index in [-0.39, 0.29) is 12.4 Å². The molecule has 148 valence electrons. The number of hydrogen-bond donors (Lipinski definition) is 0. The van der Waals surface area contributed by atoms with Crippen LogP contribution in [0.5, 0.6) is 11.5 Å². The molecule has 0 aliphatic carbocycles. The molecule has 1 aromatic heterocycles. The van der Waals surface area contributed by atoms with Gasteiger partial charge in [-0.05, 0) is 54.6 Å². The minimum absolute atomic E-state index is 0.0751. The Kier molecular flexibility index (Phi) is 4.93. The Morgan fingerprint density at radius 3 is 2.77 bits per heavy atom. The molecule has 0 unspecified atom stereocenters. The number of carbonyl (C=O) groups is 1. The number of aromatic nitrogens is 1. The van der Waals surface area contributed by atoms with E-state index in [0.29, 0.717) is 34.3 Å². The maximum absolute atomic E-state index is 13.1. The third-order valence-electron chi connectivity index (χ3n) is 4.99. The Bertz CT molecular complexity index is 1310. The molecule has 0 bridgehead atoms. The second-order valence-corrected chi connectivity index (χ2v) is 8.36. The summed E-state index contributed by atoms with van der Waals surface area (Å²) in [6, 6.07) is 20.4. The molecule has 0 saturated carbocycles. The summed E-state index contributed by atoms with van der Waals surface area (Å²) in [4.78, 5) is 17.7. The number of ether oxygens (including phenoxy) is 2. The van der Waals surface area contributed by atoms with Gasteiger partial charge < -0.3 is 9.47 Å². The summed E-state index contributed by atoms with van der Waals surface area (Å²) in [5.41, 5.74) is 3.58. The third kappa shape index (κ3) is 3.66. The molecule has 30 heavy (non-hydrogen) atoms. The van der Waals surface area contributed by atoms with Crippen LogP contribution in [0.15, 0.2) is 71.2 Å². The van der Waals surface area contributed by atoms with Crippen molar-refractivity contribution in [2.24, 2.45) is 0 Å². The molecular weight excluding hydrogens is 466 g/mol. The van der Waals surface area contributed by atoms with Crippen LogP contribution in [0.2, 0.25) is 5.02 Å². The molecule has 0 fully saturated rings. The van der Waals surface area contributed by atoms with Crippen LogP contribution >= 0.6 is 27.5 Å². The van der Waals surface area contributed by atoms with Gasteiger partial charge in [-0.3, -0.25) is 4.79 Å². The van der Waals surface area contributed by atoms with Crippen LogP contribution in [0.1, 0.15) is 27.2 Å². The Morgan fingerprint density at radius 1 is 1.00 bits per heavy atom. The highest BCUT2D eigenvalue weighted by Gasteiger charge is 2.23. The lowest BCUT2D eigenvalue weighted by molar-refractivity contribution is 0.103. The number of nitrogens with zero attached hydrogens (tertiary/aromatic N) is 1. The van der Waals surface area contributed by atoms with Crippen molar-refractivity contribution in [3.05, 3.63) is 98.6 Å². The number of carbonyl (C=O) groups excluding carboxylic acids is 1. The maximum atomic E-state index is 13.1. The second-order valence-electron chi connectivity index (χ2n) is 7.01. The molecule has 4 nitrogen and oxygen atoms in total. The number of fused-ring (bicyclic) bond motifs is 3. The van der Waals surface area contributed by atoms with Crippen LogP contribution in [0, 0.1) is 0 Å². The molecule has 0 saturated heterocycles. The molecule has 4 aromatic rings. The lowest BCUT2D eigenvalue weighted by atomic mass is 9.99. The van der Waals surface area contributed by atoms with Gasteiger partial charge in [0.25, 0.3) is 0 Å². The van der Waals surface area contributed by atoms with Gasteiger partial charge in [-0.25, -0.2) is 4.98 Å². The third-order valence-corrected chi connectivity index (χ3v) is 5.72. The first-order valence-corrected chi connectivity index (χ1v) is 10.5. The summed E-state index contributed by atoms with van der Waals surface area (Å²) in [7, 11) is 0. The van der Waals surface area contributed by atoms with Gasteiger partial charge >= 0.3 is 0 Å². The molecule has 2 heterocycles. The van der Waals surface area contributed by atoms with E-state index in [4.69, 9.17) is 21.1 Å². The van der Waals surface area contributed by atoms with E-state index < -0.39 is 0 Å². The maximum Gasteiger partial charge on any atom is 0.197 e. The molecule has 5 rings (SSSR count). The number of rotatable bonds is 3. The Hall–Kier alpha value is -2.89. The number of hydrogen-bond acceptors (Lipinski definition) is 4. The van der Waals surface area contributed by atoms with Crippen molar-refractivity contribution >= 4 is 44.2 Å². The fourth-order valence-corrected chi connectivity index (χ4v) is 4.05. The highest BCUT2D eigenvalue weighted by atomic mass is 79.9. The van der Waals surface area contributed by atoms with Crippen LogP contribution in [-0.4, -0.2) is 10.8 Å². The fourth-order valence-electron chi connectivity index (χ4n) is 3.48. The first kappa shape index (κ1) is 19.1. The Labute approximate surface area is 186 Å². The smallest absolute Gasteiger partial charge is 0.197 e. The molecule has 0 atom stereocenters. The zero-order valence-electron chi connectivity index (χ0n) is 15.7. The predicted octanol–water partition coefficient (Wildman–Crippen LogP) is 6.35. The summed E-state index contributed by atoms with van der Waals surface area (Å²) >= 11 is 9.51. The minimum atomic E-state index is -0.0751. The number of ketones is 1. The quantitative estimate of drug-likeness (QED) is 0.343. The second kappa shape index (κ2) is 7.74. The summed E-state index contributed by atoms with van der Waals surface area (Å²) in [5, 5.41) is 1.66. The molecule has 0 N–H and O–H groups in total. The van der Waals surface area contributed by atoms with E-state index >= 15 is 0 Å². The van der Waals surface area contributed by atoms with Gasteiger partial charge in [0.05, 0.1) is 16.8 Å². The molecule has 3 aromatic carbocycles. The van der Waals surface area contributed by atoms with Crippen LogP contribution in [-0.2, 0) is 13.2 Å². The molecule has 0 amide bonds. The molecule has 0 spiro atoms. The molecule has 6 heteroatoms. The van der Waals surface area contributed by atoms with Crippen LogP contribution in [0.3, 0.4) is 0 Å². The van der Waals surface area contributed by atoms with Gasteiger partial charge in [-0.1, -0.05) is 39.7 Å². The largest absolute Gasteiger partial charge is 0.488 e. The van der Waals surface area contributed by atoms with Crippen LogP contribution in [0.4, 0.5) is 0 Å². The van der Waals surface area contributed by atoms with Gasteiger partial charge in [0, 0.05) is 26.0 Å². The topological polar surface area (TPSA) is 48.4 Å². The number of pyridine rings is 1. The van der Waals surface area contributed by atoms with E-state index in [9.17, 15) is 4.79 Å². The number of benzene rings is 3. The zero-order valence-corrected chi connectivity index (χ0v) is 18.0.